The predicted molar refractivity (Wildman–Crippen MR) is 39.5 cm³/mol. The van der Waals surface area contributed by atoms with Gasteiger partial charge >= 0.3 is 0 Å². The third kappa shape index (κ3) is 7.01. The van der Waals surface area contributed by atoms with Crippen molar-refractivity contribution < 1.29 is 0 Å². The molecule has 0 amide bonds. The Balaban J connectivity index is 2.45. The molecule has 0 aromatic carbocycles. The van der Waals surface area contributed by atoms with Gasteiger partial charge < -0.3 is 0 Å². The summed E-state index contributed by atoms with van der Waals surface area (Å²) in [5.74, 6) is 1.57. The Morgan fingerprint density at radius 2 is 1.43 bits per heavy atom. The molecule has 0 aliphatic rings. The molecule has 0 aromatic heterocycles. The molecule has 0 aliphatic carbocycles. The largest absolute Gasteiger partial charge is 0.126 e. The summed E-state index contributed by atoms with van der Waals surface area (Å²) in [6, 6.07) is 0. The normalized spacial score (nSPS) is 9.43. The van der Waals surface area contributed by atoms with Crippen molar-refractivity contribution in [3.05, 3.63) is 0 Å². The van der Waals surface area contributed by atoms with Crippen LogP contribution in [-0.2, 0) is 0 Å². The highest BCUT2D eigenvalue weighted by Crippen LogP contribution is 2.08. The van der Waals surface area contributed by atoms with Crippen LogP contribution >= 0.6 is 31.8 Å². The van der Waals surface area contributed by atoms with Gasteiger partial charge in [0.15, 0.2) is 0 Å². The van der Waals surface area contributed by atoms with Crippen molar-refractivity contribution in [3.63, 3.8) is 0 Å². The first-order valence-electron chi connectivity index (χ1n) is 2.24. The molecular formula is C4H9Cl2P. The van der Waals surface area contributed by atoms with Crippen LogP contribution in [0.25, 0.3) is 0 Å². The van der Waals surface area contributed by atoms with Crippen LogP contribution in [0.3, 0.4) is 0 Å². The summed E-state index contributed by atoms with van der Waals surface area (Å²) >= 11 is 10.8. The first-order valence-corrected chi connectivity index (χ1v) is 4.72. The molecule has 0 saturated heterocycles. The van der Waals surface area contributed by atoms with Crippen LogP contribution in [0.4, 0.5) is 0 Å². The molecule has 0 nitrogen and oxygen atoms in total. The Morgan fingerprint density at radius 3 is 1.71 bits per heavy atom. The second-order valence-electron chi connectivity index (χ2n) is 1.13. The smallest absolute Gasteiger partial charge is 0.0260 e. The molecule has 44 valence electrons. The maximum Gasteiger partial charge on any atom is 0.0260 e. The van der Waals surface area contributed by atoms with Gasteiger partial charge in [0.1, 0.15) is 0 Å². The number of alkyl halides is 2. The molecule has 0 aromatic rings. The molecule has 0 aliphatic heterocycles. The van der Waals surface area contributed by atoms with Gasteiger partial charge in [-0.1, -0.05) is 0 Å². The number of halogens is 2. The average molecular weight is 159 g/mol. The molecule has 0 atom stereocenters. The van der Waals surface area contributed by atoms with Crippen LogP contribution in [0.15, 0.2) is 0 Å². The molecule has 0 bridgehead atoms. The van der Waals surface area contributed by atoms with Gasteiger partial charge in [-0.3, -0.25) is 0 Å². The van der Waals surface area contributed by atoms with Crippen molar-refractivity contribution in [1.82, 2.24) is 0 Å². The summed E-state index contributed by atoms with van der Waals surface area (Å²) in [6.07, 6.45) is 2.27. The van der Waals surface area contributed by atoms with E-state index in [0.29, 0.717) is 0 Å². The van der Waals surface area contributed by atoms with Gasteiger partial charge in [-0.15, -0.1) is 31.8 Å². The maximum absolute atomic E-state index is 5.40. The summed E-state index contributed by atoms with van der Waals surface area (Å²) in [5.41, 5.74) is 0. The first kappa shape index (κ1) is 8.01. The molecular weight excluding hydrogens is 150 g/mol. The summed E-state index contributed by atoms with van der Waals surface area (Å²) < 4.78 is 0. The van der Waals surface area contributed by atoms with Crippen LogP contribution in [-0.4, -0.2) is 24.1 Å². The van der Waals surface area contributed by atoms with E-state index in [0.717, 1.165) is 32.7 Å². The van der Waals surface area contributed by atoms with Gasteiger partial charge in [-0.2, -0.15) is 0 Å². The Labute approximate surface area is 56.4 Å². The fraction of sp³-hybridized carbons (Fsp3) is 1.00. The minimum Gasteiger partial charge on any atom is -0.126 e. The van der Waals surface area contributed by atoms with E-state index < -0.39 is 0 Å². The van der Waals surface area contributed by atoms with Crippen molar-refractivity contribution in [3.8, 4) is 0 Å². The number of hydrogen-bond acceptors (Lipinski definition) is 0. The van der Waals surface area contributed by atoms with E-state index in [1.165, 1.54) is 0 Å². The lowest BCUT2D eigenvalue weighted by molar-refractivity contribution is 1.45. The van der Waals surface area contributed by atoms with E-state index in [-0.39, 0.29) is 0 Å². The van der Waals surface area contributed by atoms with Crippen molar-refractivity contribution in [2.45, 2.75) is 0 Å². The fourth-order valence-corrected chi connectivity index (χ4v) is 1.58. The highest BCUT2D eigenvalue weighted by molar-refractivity contribution is 7.38. The molecule has 0 fully saturated rings. The van der Waals surface area contributed by atoms with E-state index in [1.54, 1.807) is 0 Å². The lowest BCUT2D eigenvalue weighted by Crippen LogP contribution is -1.80. The lowest BCUT2D eigenvalue weighted by atomic mass is 10.9. The quantitative estimate of drug-likeness (QED) is 0.335. The second kappa shape index (κ2) is 7.01. The van der Waals surface area contributed by atoms with Crippen LogP contribution in [0, 0.1) is 0 Å². The summed E-state index contributed by atoms with van der Waals surface area (Å²) in [4.78, 5) is 0. The Hall–Kier alpha value is 1.01. The second-order valence-corrected chi connectivity index (χ2v) is 3.38. The van der Waals surface area contributed by atoms with E-state index in [9.17, 15) is 0 Å². The Morgan fingerprint density at radius 1 is 1.00 bits per heavy atom. The van der Waals surface area contributed by atoms with E-state index >= 15 is 0 Å². The minimum absolute atomic E-state index is 0.787. The highest BCUT2D eigenvalue weighted by Gasteiger charge is 1.81. The van der Waals surface area contributed by atoms with Crippen molar-refractivity contribution >= 4 is 31.8 Å². The zero-order chi connectivity index (χ0) is 5.54. The maximum atomic E-state index is 5.40. The molecule has 0 saturated carbocycles. The van der Waals surface area contributed by atoms with Crippen LogP contribution in [0.2, 0.25) is 0 Å². The summed E-state index contributed by atoms with van der Waals surface area (Å²) in [5, 5.41) is 0. The van der Waals surface area contributed by atoms with Crippen LogP contribution in [0.1, 0.15) is 0 Å². The van der Waals surface area contributed by atoms with E-state index in [1.807, 2.05) is 0 Å². The minimum atomic E-state index is 0.787. The molecule has 0 unspecified atom stereocenters. The van der Waals surface area contributed by atoms with Crippen LogP contribution in [0.5, 0.6) is 0 Å². The molecule has 3 heteroatoms. The van der Waals surface area contributed by atoms with Gasteiger partial charge in [-0.05, 0) is 12.3 Å². The third-order valence-corrected chi connectivity index (χ3v) is 2.76. The topological polar surface area (TPSA) is 0 Å². The zero-order valence-electron chi connectivity index (χ0n) is 4.08. The predicted octanol–water partition coefficient (Wildman–Crippen LogP) is 2.14. The van der Waals surface area contributed by atoms with Gasteiger partial charge in [0.25, 0.3) is 0 Å². The SMILES string of the molecule is ClCCPCCCl. The lowest BCUT2D eigenvalue weighted by Gasteiger charge is -1.89. The van der Waals surface area contributed by atoms with Crippen LogP contribution < -0.4 is 0 Å². The summed E-state index contributed by atoms with van der Waals surface area (Å²) in [7, 11) is 0.968. The van der Waals surface area contributed by atoms with Crippen molar-refractivity contribution in [2.75, 3.05) is 24.1 Å². The molecule has 0 rings (SSSR count). The molecule has 0 N–H and O–H groups in total. The molecule has 7 heavy (non-hydrogen) atoms. The Bertz CT molecular complexity index is 28.9. The highest BCUT2D eigenvalue weighted by atomic mass is 35.5. The van der Waals surface area contributed by atoms with Gasteiger partial charge in [0.2, 0.25) is 0 Å². The van der Waals surface area contributed by atoms with Gasteiger partial charge in [0.05, 0.1) is 0 Å². The van der Waals surface area contributed by atoms with Gasteiger partial charge in [-0.25, -0.2) is 0 Å². The monoisotopic (exact) mass is 158 g/mol. The molecule has 0 spiro atoms. The molecule has 0 heterocycles. The van der Waals surface area contributed by atoms with Crippen molar-refractivity contribution in [1.29, 1.82) is 0 Å². The fourth-order valence-electron chi connectivity index (χ4n) is 0.259. The number of hydrogen-bond donors (Lipinski definition) is 0. The third-order valence-electron chi connectivity index (χ3n) is 0.543. The molecule has 0 radical (unpaired) electrons. The summed E-state index contributed by atoms with van der Waals surface area (Å²) in [6.45, 7) is 0. The van der Waals surface area contributed by atoms with Crippen molar-refractivity contribution in [2.24, 2.45) is 0 Å². The average Bonchev–Trinajstić information content (AvgIpc) is 1.69. The first-order chi connectivity index (χ1) is 3.41. The standard InChI is InChI=1S/C4H9Cl2P/c5-1-3-7-4-2-6/h7H,1-4H2. The van der Waals surface area contributed by atoms with E-state index in [4.69, 9.17) is 23.2 Å². The van der Waals surface area contributed by atoms with Gasteiger partial charge in [0, 0.05) is 11.8 Å². The Kier molecular flexibility index (Phi) is 8.02. The number of rotatable bonds is 4. The van der Waals surface area contributed by atoms with E-state index in [2.05, 4.69) is 0 Å². The zero-order valence-corrected chi connectivity index (χ0v) is 6.60.